The summed E-state index contributed by atoms with van der Waals surface area (Å²) in [4.78, 5) is 6.05. The summed E-state index contributed by atoms with van der Waals surface area (Å²) in [6.45, 7) is 0.573. The molecule has 1 atom stereocenters. The maximum absolute atomic E-state index is 13.9. The van der Waals surface area contributed by atoms with Crippen LogP contribution in [-0.4, -0.2) is 42.8 Å². The fraction of sp³-hybridized carbons (Fsp3) is 0.385. The van der Waals surface area contributed by atoms with Crippen molar-refractivity contribution in [2.24, 2.45) is 5.73 Å². The van der Waals surface area contributed by atoms with Gasteiger partial charge in [-0.25, -0.2) is 4.39 Å². The minimum atomic E-state index is -0.485. The number of aromatic nitrogens is 2. The molecule has 2 rings (SSSR count). The molecular formula is C13H17FN4O2. The highest BCUT2D eigenvalue weighted by Gasteiger charge is 2.18. The summed E-state index contributed by atoms with van der Waals surface area (Å²) in [5.41, 5.74) is 6.15. The van der Waals surface area contributed by atoms with E-state index in [1.54, 1.807) is 6.07 Å². The lowest BCUT2D eigenvalue weighted by Gasteiger charge is -2.12. The van der Waals surface area contributed by atoms with Gasteiger partial charge in [0.1, 0.15) is 11.6 Å². The molecule has 0 aliphatic rings. The first-order chi connectivity index (χ1) is 9.51. The van der Waals surface area contributed by atoms with E-state index in [0.717, 1.165) is 0 Å². The Hall–Kier alpha value is -1.99. The molecule has 1 aromatic carbocycles. The summed E-state index contributed by atoms with van der Waals surface area (Å²) in [6, 6.07) is 4.04. The Bertz CT molecular complexity index is 586. The van der Waals surface area contributed by atoms with E-state index in [9.17, 15) is 4.39 Å². The Kier molecular flexibility index (Phi) is 4.31. The van der Waals surface area contributed by atoms with E-state index in [0.29, 0.717) is 18.1 Å². The number of ether oxygens (including phenoxy) is 1. The van der Waals surface area contributed by atoms with Crippen LogP contribution in [0.2, 0.25) is 0 Å². The van der Waals surface area contributed by atoms with Crippen molar-refractivity contribution >= 4 is 0 Å². The van der Waals surface area contributed by atoms with E-state index in [2.05, 4.69) is 10.1 Å². The van der Waals surface area contributed by atoms with Crippen LogP contribution >= 0.6 is 0 Å². The Morgan fingerprint density at radius 3 is 2.80 bits per heavy atom. The number of hydrogen-bond donors (Lipinski definition) is 1. The molecule has 7 heteroatoms. The predicted molar refractivity (Wildman–Crippen MR) is 71.7 cm³/mol. The molecule has 1 aromatic heterocycles. The normalized spacial score (nSPS) is 12.7. The zero-order valence-electron chi connectivity index (χ0n) is 11.6. The maximum atomic E-state index is 13.9. The number of nitrogens with two attached hydrogens (primary N) is 1. The topological polar surface area (TPSA) is 77.4 Å². The summed E-state index contributed by atoms with van der Waals surface area (Å²) in [7, 11) is 5.26. The van der Waals surface area contributed by atoms with Gasteiger partial charge in [-0.3, -0.25) is 0 Å². The van der Waals surface area contributed by atoms with Gasteiger partial charge in [-0.1, -0.05) is 5.16 Å². The van der Waals surface area contributed by atoms with Crippen LogP contribution in [0.4, 0.5) is 4.39 Å². The first-order valence-corrected chi connectivity index (χ1v) is 6.09. The molecule has 6 nitrogen and oxygen atoms in total. The molecule has 0 fully saturated rings. The summed E-state index contributed by atoms with van der Waals surface area (Å²) in [6.07, 6.45) is 0. The number of hydrogen-bond acceptors (Lipinski definition) is 6. The minimum Gasteiger partial charge on any atom is -0.497 e. The van der Waals surface area contributed by atoms with Crippen molar-refractivity contribution in [3.05, 3.63) is 29.8 Å². The Balaban J connectivity index is 2.24. The van der Waals surface area contributed by atoms with Gasteiger partial charge < -0.3 is 19.9 Å². The van der Waals surface area contributed by atoms with Crippen molar-refractivity contribution in [1.82, 2.24) is 15.0 Å². The van der Waals surface area contributed by atoms with Crippen molar-refractivity contribution in [3.8, 4) is 17.2 Å². The number of likely N-dealkylation sites (N-methyl/N-ethyl adjacent to an activating group) is 1. The maximum Gasteiger partial charge on any atom is 0.260 e. The summed E-state index contributed by atoms with van der Waals surface area (Å²) in [5, 5.41) is 3.79. The molecule has 0 spiro atoms. The fourth-order valence-electron chi connectivity index (χ4n) is 1.77. The number of nitrogens with zero attached hydrogens (tertiary/aromatic N) is 3. The smallest absolute Gasteiger partial charge is 0.260 e. The van der Waals surface area contributed by atoms with Crippen molar-refractivity contribution in [2.45, 2.75) is 6.04 Å². The third-order valence-corrected chi connectivity index (χ3v) is 2.74. The largest absolute Gasteiger partial charge is 0.497 e. The zero-order chi connectivity index (χ0) is 14.7. The molecule has 108 valence electrons. The van der Waals surface area contributed by atoms with Gasteiger partial charge in [0.05, 0.1) is 18.7 Å². The molecule has 0 amide bonds. The SMILES string of the molecule is COc1ccc(-c2nc(C(N)CN(C)C)no2)c(F)c1. The second kappa shape index (κ2) is 5.98. The van der Waals surface area contributed by atoms with E-state index in [4.69, 9.17) is 15.0 Å². The highest BCUT2D eigenvalue weighted by molar-refractivity contribution is 5.55. The van der Waals surface area contributed by atoms with Crippen LogP contribution in [0.25, 0.3) is 11.5 Å². The average Bonchev–Trinajstić information content (AvgIpc) is 2.87. The molecule has 1 unspecified atom stereocenters. The van der Waals surface area contributed by atoms with Crippen LogP contribution in [0.15, 0.2) is 22.7 Å². The third kappa shape index (κ3) is 3.12. The lowest BCUT2D eigenvalue weighted by molar-refractivity contribution is 0.357. The van der Waals surface area contributed by atoms with Crippen LogP contribution in [0.5, 0.6) is 5.75 Å². The van der Waals surface area contributed by atoms with E-state index < -0.39 is 5.82 Å². The minimum absolute atomic E-state index is 0.106. The Morgan fingerprint density at radius 1 is 1.45 bits per heavy atom. The fourth-order valence-corrected chi connectivity index (χ4v) is 1.77. The number of rotatable bonds is 5. The van der Waals surface area contributed by atoms with Crippen LogP contribution in [0, 0.1) is 5.82 Å². The van der Waals surface area contributed by atoms with Gasteiger partial charge in [0.25, 0.3) is 5.89 Å². The zero-order valence-corrected chi connectivity index (χ0v) is 11.6. The van der Waals surface area contributed by atoms with Gasteiger partial charge in [0.15, 0.2) is 5.82 Å². The van der Waals surface area contributed by atoms with Gasteiger partial charge in [-0.15, -0.1) is 0 Å². The lowest BCUT2D eigenvalue weighted by Crippen LogP contribution is -2.26. The number of methoxy groups -OCH3 is 1. The van der Waals surface area contributed by atoms with Crippen LogP contribution < -0.4 is 10.5 Å². The highest BCUT2D eigenvalue weighted by Crippen LogP contribution is 2.25. The summed E-state index contributed by atoms with van der Waals surface area (Å²) >= 11 is 0. The first kappa shape index (κ1) is 14.4. The van der Waals surface area contributed by atoms with Gasteiger partial charge in [0, 0.05) is 12.6 Å². The molecule has 0 radical (unpaired) electrons. The number of benzene rings is 1. The van der Waals surface area contributed by atoms with Gasteiger partial charge >= 0.3 is 0 Å². The molecule has 0 bridgehead atoms. The molecule has 2 N–H and O–H groups in total. The lowest BCUT2D eigenvalue weighted by atomic mass is 10.2. The molecule has 2 aromatic rings. The van der Waals surface area contributed by atoms with Crippen molar-refractivity contribution in [2.75, 3.05) is 27.7 Å². The van der Waals surface area contributed by atoms with Gasteiger partial charge in [-0.05, 0) is 26.2 Å². The average molecular weight is 280 g/mol. The third-order valence-electron chi connectivity index (χ3n) is 2.74. The summed E-state index contributed by atoms with van der Waals surface area (Å²) in [5.74, 6) is 0.398. The highest BCUT2D eigenvalue weighted by atomic mass is 19.1. The Labute approximate surface area is 116 Å². The van der Waals surface area contributed by atoms with Crippen molar-refractivity contribution in [3.63, 3.8) is 0 Å². The van der Waals surface area contributed by atoms with Crippen LogP contribution in [0.3, 0.4) is 0 Å². The standard InChI is InChI=1S/C13H17FN4O2/c1-18(2)7-11(15)12-16-13(20-17-12)9-5-4-8(19-3)6-10(9)14/h4-6,11H,7,15H2,1-3H3. The molecule has 1 heterocycles. The monoisotopic (exact) mass is 280 g/mol. The molecule has 0 saturated heterocycles. The van der Waals surface area contributed by atoms with Crippen molar-refractivity contribution in [1.29, 1.82) is 0 Å². The summed E-state index contributed by atoms with van der Waals surface area (Å²) < 4.78 is 23.9. The van der Waals surface area contributed by atoms with E-state index >= 15 is 0 Å². The Morgan fingerprint density at radius 2 is 2.20 bits per heavy atom. The second-order valence-electron chi connectivity index (χ2n) is 4.67. The van der Waals surface area contributed by atoms with Gasteiger partial charge in [0.2, 0.25) is 0 Å². The van der Waals surface area contributed by atoms with E-state index in [1.165, 1.54) is 19.2 Å². The molecule has 20 heavy (non-hydrogen) atoms. The van der Waals surface area contributed by atoms with Gasteiger partial charge in [-0.2, -0.15) is 4.98 Å². The van der Waals surface area contributed by atoms with Crippen LogP contribution in [0.1, 0.15) is 11.9 Å². The quantitative estimate of drug-likeness (QED) is 0.893. The molecular weight excluding hydrogens is 263 g/mol. The number of halogens is 1. The van der Waals surface area contributed by atoms with E-state index in [-0.39, 0.29) is 17.5 Å². The van der Waals surface area contributed by atoms with Crippen LogP contribution in [-0.2, 0) is 0 Å². The molecule has 0 aliphatic carbocycles. The van der Waals surface area contributed by atoms with E-state index in [1.807, 2.05) is 19.0 Å². The molecule has 0 saturated carbocycles. The van der Waals surface area contributed by atoms with Crippen molar-refractivity contribution < 1.29 is 13.7 Å². The predicted octanol–water partition coefficient (Wildman–Crippen LogP) is 1.45. The second-order valence-corrected chi connectivity index (χ2v) is 4.67. The molecule has 0 aliphatic heterocycles. The first-order valence-electron chi connectivity index (χ1n) is 6.09.